The predicted octanol–water partition coefficient (Wildman–Crippen LogP) is 5.26. The van der Waals surface area contributed by atoms with Crippen molar-refractivity contribution in [1.82, 2.24) is 9.78 Å². The average Bonchev–Trinajstić information content (AvgIpc) is 3.46. The lowest BCUT2D eigenvalue weighted by Crippen LogP contribution is -2.19. The van der Waals surface area contributed by atoms with E-state index in [9.17, 15) is 4.79 Å². The van der Waals surface area contributed by atoms with Gasteiger partial charge in [-0.1, -0.05) is 42.5 Å². The Bertz CT molecular complexity index is 1270. The Morgan fingerprint density at radius 2 is 1.91 bits per heavy atom. The molecule has 4 rings (SSSR count). The Morgan fingerprint density at radius 3 is 2.67 bits per heavy atom. The monoisotopic (exact) mass is 478 g/mol. The van der Waals surface area contributed by atoms with Crippen LogP contribution in [0.1, 0.15) is 15.9 Å². The number of nitrogens with zero attached hydrogens (tertiary/aromatic N) is 2. The number of methoxy groups -OCH3 is 2. The summed E-state index contributed by atoms with van der Waals surface area (Å²) in [6.45, 7) is 0.594. The van der Waals surface area contributed by atoms with Gasteiger partial charge in [-0.15, -0.1) is 11.3 Å². The van der Waals surface area contributed by atoms with Crippen LogP contribution >= 0.6 is 23.6 Å². The van der Waals surface area contributed by atoms with Crippen LogP contribution in [0.2, 0.25) is 0 Å². The van der Waals surface area contributed by atoms with E-state index in [1.165, 1.54) is 18.4 Å². The fourth-order valence-corrected chi connectivity index (χ4v) is 4.57. The number of thiophene rings is 1. The van der Waals surface area contributed by atoms with Crippen molar-refractivity contribution in [2.24, 2.45) is 0 Å². The average molecular weight is 479 g/mol. The van der Waals surface area contributed by atoms with Crippen molar-refractivity contribution in [3.05, 3.63) is 84.2 Å². The van der Waals surface area contributed by atoms with Gasteiger partial charge in [0.2, 0.25) is 0 Å². The Hall–Kier alpha value is -3.69. The number of nitrogens with one attached hydrogen (secondary N) is 2. The molecule has 0 spiro atoms. The first-order valence-corrected chi connectivity index (χ1v) is 11.3. The number of thiocarbonyl (C=S) groups is 1. The van der Waals surface area contributed by atoms with Gasteiger partial charge in [0, 0.05) is 11.1 Å². The zero-order valence-corrected chi connectivity index (χ0v) is 19.7. The second-order valence-electron chi connectivity index (χ2n) is 7.07. The van der Waals surface area contributed by atoms with Gasteiger partial charge in [-0.05, 0) is 41.5 Å². The predicted molar refractivity (Wildman–Crippen MR) is 135 cm³/mol. The van der Waals surface area contributed by atoms with Gasteiger partial charge in [0.25, 0.3) is 0 Å². The zero-order valence-electron chi connectivity index (χ0n) is 18.1. The molecule has 0 radical (unpaired) electrons. The maximum absolute atomic E-state index is 12.3. The molecule has 0 saturated carbocycles. The van der Waals surface area contributed by atoms with Crippen LogP contribution in [0.5, 0.6) is 5.75 Å². The quantitative estimate of drug-likeness (QED) is 0.277. The van der Waals surface area contributed by atoms with Crippen LogP contribution in [0.15, 0.2) is 73.1 Å². The summed E-state index contributed by atoms with van der Waals surface area (Å²) in [6, 6.07) is 19.5. The highest BCUT2D eigenvalue weighted by Gasteiger charge is 2.18. The molecule has 33 heavy (non-hydrogen) atoms. The Morgan fingerprint density at radius 1 is 1.09 bits per heavy atom. The number of hydrogen-bond donors (Lipinski definition) is 2. The van der Waals surface area contributed by atoms with Gasteiger partial charge < -0.3 is 20.1 Å². The molecule has 2 aromatic carbocycles. The van der Waals surface area contributed by atoms with E-state index in [0.29, 0.717) is 22.2 Å². The molecule has 2 N–H and O–H groups in total. The number of ether oxygens (including phenoxy) is 2. The van der Waals surface area contributed by atoms with Crippen molar-refractivity contribution in [3.8, 4) is 16.2 Å². The summed E-state index contributed by atoms with van der Waals surface area (Å²) >= 11 is 6.91. The van der Waals surface area contributed by atoms with E-state index in [4.69, 9.17) is 21.7 Å². The fourth-order valence-electron chi connectivity index (χ4n) is 3.23. The minimum atomic E-state index is -0.426. The molecule has 2 aromatic heterocycles. The molecular formula is C24H22N4O3S2. The normalized spacial score (nSPS) is 10.5. The summed E-state index contributed by atoms with van der Waals surface area (Å²) in [5.74, 6) is 0.375. The van der Waals surface area contributed by atoms with E-state index in [2.05, 4.69) is 15.7 Å². The van der Waals surface area contributed by atoms with Crippen LogP contribution in [-0.2, 0) is 11.3 Å². The summed E-state index contributed by atoms with van der Waals surface area (Å²) in [5.41, 5.74) is 3.24. The molecule has 0 aliphatic heterocycles. The van der Waals surface area contributed by atoms with Crippen molar-refractivity contribution in [2.75, 3.05) is 24.9 Å². The summed E-state index contributed by atoms with van der Waals surface area (Å²) < 4.78 is 12.0. The Kier molecular flexibility index (Phi) is 7.01. The van der Waals surface area contributed by atoms with Gasteiger partial charge in [0.15, 0.2) is 5.11 Å². The van der Waals surface area contributed by atoms with Crippen LogP contribution in [-0.4, -0.2) is 35.1 Å². The van der Waals surface area contributed by atoms with Gasteiger partial charge in [0.05, 0.1) is 38.2 Å². The number of hydrogen-bond acceptors (Lipinski definition) is 6. The molecule has 0 atom stereocenters. The summed E-state index contributed by atoms with van der Waals surface area (Å²) in [5, 5.41) is 11.6. The maximum Gasteiger partial charge on any atom is 0.340 e. The Balaban J connectivity index is 1.45. The van der Waals surface area contributed by atoms with Crippen molar-refractivity contribution in [3.63, 3.8) is 0 Å². The number of aromatic nitrogens is 2. The number of esters is 1. The minimum absolute atomic E-state index is 0.350. The number of anilines is 2. The lowest BCUT2D eigenvalue weighted by molar-refractivity contribution is 0.0602. The molecule has 0 aliphatic carbocycles. The minimum Gasteiger partial charge on any atom is -0.497 e. The molecule has 0 bridgehead atoms. The first-order chi connectivity index (χ1) is 16.1. The zero-order chi connectivity index (χ0) is 23.2. The van der Waals surface area contributed by atoms with Gasteiger partial charge >= 0.3 is 5.97 Å². The van der Waals surface area contributed by atoms with E-state index in [1.54, 1.807) is 18.0 Å². The first kappa shape index (κ1) is 22.5. The maximum atomic E-state index is 12.3. The first-order valence-electron chi connectivity index (χ1n) is 10.1. The van der Waals surface area contributed by atoms with Gasteiger partial charge in [-0.25, -0.2) is 4.79 Å². The summed E-state index contributed by atoms with van der Waals surface area (Å²) in [4.78, 5) is 13.2. The lowest BCUT2D eigenvalue weighted by Gasteiger charge is -2.08. The lowest BCUT2D eigenvalue weighted by atomic mass is 10.1. The van der Waals surface area contributed by atoms with E-state index in [0.717, 1.165) is 27.4 Å². The van der Waals surface area contributed by atoms with Crippen LogP contribution in [0.25, 0.3) is 10.4 Å². The standard InChI is InChI=1S/C24H22N4O3S2/c1-30-19-10-6-7-16(11-19)14-28-15-18(13-25-28)26-24(32)27-22-20(23(29)31-2)12-21(33-22)17-8-4-3-5-9-17/h3-13,15H,14H2,1-2H3,(H2,26,27,32). The van der Waals surface area contributed by atoms with E-state index in [1.807, 2.05) is 66.9 Å². The van der Waals surface area contributed by atoms with E-state index in [-0.39, 0.29) is 0 Å². The fraction of sp³-hybridized carbons (Fsp3) is 0.125. The molecule has 0 unspecified atom stereocenters. The van der Waals surface area contributed by atoms with Crippen molar-refractivity contribution >= 4 is 45.3 Å². The van der Waals surface area contributed by atoms with Crippen molar-refractivity contribution in [2.45, 2.75) is 6.54 Å². The number of carbonyl (C=O) groups excluding carboxylic acids is 1. The molecule has 0 aliphatic rings. The summed E-state index contributed by atoms with van der Waals surface area (Å²) in [6.07, 6.45) is 3.55. The molecule has 2 heterocycles. The second-order valence-corrected chi connectivity index (χ2v) is 8.53. The highest BCUT2D eigenvalue weighted by atomic mass is 32.1. The summed E-state index contributed by atoms with van der Waals surface area (Å²) in [7, 11) is 3.00. The molecule has 9 heteroatoms. The number of rotatable bonds is 7. The Labute approximate surface area is 201 Å². The van der Waals surface area contributed by atoms with Crippen molar-refractivity contribution < 1.29 is 14.3 Å². The molecule has 4 aromatic rings. The van der Waals surface area contributed by atoms with Crippen LogP contribution in [0.3, 0.4) is 0 Å². The van der Waals surface area contributed by atoms with E-state index >= 15 is 0 Å². The van der Waals surface area contributed by atoms with Gasteiger partial charge in [-0.3, -0.25) is 4.68 Å². The third kappa shape index (κ3) is 5.57. The second kappa shape index (κ2) is 10.3. The number of carbonyl (C=O) groups is 1. The van der Waals surface area contributed by atoms with Crippen molar-refractivity contribution in [1.29, 1.82) is 0 Å². The number of benzene rings is 2. The van der Waals surface area contributed by atoms with Gasteiger partial charge in [-0.2, -0.15) is 5.10 Å². The van der Waals surface area contributed by atoms with Crippen LogP contribution < -0.4 is 15.4 Å². The molecule has 0 amide bonds. The highest BCUT2D eigenvalue weighted by molar-refractivity contribution is 7.80. The topological polar surface area (TPSA) is 77.4 Å². The molecule has 0 saturated heterocycles. The highest BCUT2D eigenvalue weighted by Crippen LogP contribution is 2.36. The third-order valence-corrected chi connectivity index (χ3v) is 6.10. The molecular weight excluding hydrogens is 456 g/mol. The van der Waals surface area contributed by atoms with Gasteiger partial charge in [0.1, 0.15) is 10.8 Å². The third-order valence-electron chi connectivity index (χ3n) is 4.79. The molecule has 7 nitrogen and oxygen atoms in total. The largest absolute Gasteiger partial charge is 0.497 e. The molecule has 168 valence electrons. The van der Waals surface area contributed by atoms with E-state index < -0.39 is 5.97 Å². The van der Waals surface area contributed by atoms with Crippen LogP contribution in [0, 0.1) is 0 Å². The molecule has 0 fully saturated rings. The van der Waals surface area contributed by atoms with Crippen LogP contribution in [0.4, 0.5) is 10.7 Å². The smallest absolute Gasteiger partial charge is 0.340 e. The SMILES string of the molecule is COC(=O)c1cc(-c2ccccc2)sc1NC(=S)Nc1cnn(Cc2cccc(OC)c2)c1.